The number of ether oxygens (including phenoxy) is 1. The van der Waals surface area contributed by atoms with Crippen LogP contribution in [0.15, 0.2) is 34.9 Å². The Hall–Kier alpha value is -3.43. The van der Waals surface area contributed by atoms with Crippen molar-refractivity contribution in [2.24, 2.45) is 0 Å². The number of nitrogens with zero attached hydrogens (tertiary/aromatic N) is 4. The summed E-state index contributed by atoms with van der Waals surface area (Å²) in [4.78, 5) is 24.7. The predicted octanol–water partition coefficient (Wildman–Crippen LogP) is 3.25. The van der Waals surface area contributed by atoms with Gasteiger partial charge in [0.25, 0.3) is 5.88 Å². The van der Waals surface area contributed by atoms with E-state index in [9.17, 15) is 13.6 Å². The van der Waals surface area contributed by atoms with Gasteiger partial charge in [0.15, 0.2) is 5.82 Å². The minimum absolute atomic E-state index is 0.178. The number of urea groups is 1. The Morgan fingerprint density at radius 1 is 1.17 bits per heavy atom. The number of hydrogen-bond donors (Lipinski definition) is 1. The van der Waals surface area contributed by atoms with Gasteiger partial charge in [0, 0.05) is 44.0 Å². The van der Waals surface area contributed by atoms with E-state index in [1.165, 1.54) is 18.4 Å². The Kier molecular flexibility index (Phi) is 5.15. The molecule has 3 heterocycles. The van der Waals surface area contributed by atoms with Gasteiger partial charge in [-0.2, -0.15) is 4.98 Å². The lowest BCUT2D eigenvalue weighted by Gasteiger charge is -2.36. The Labute approximate surface area is 165 Å². The number of amides is 2. The third kappa shape index (κ3) is 4.05. The number of aromatic nitrogens is 2. The lowest BCUT2D eigenvalue weighted by Crippen LogP contribution is -2.50. The first-order chi connectivity index (χ1) is 14.0. The lowest BCUT2D eigenvalue weighted by atomic mass is 10.2. The van der Waals surface area contributed by atoms with Crippen LogP contribution in [0.2, 0.25) is 0 Å². The summed E-state index contributed by atoms with van der Waals surface area (Å²) in [6.45, 7) is 3.81. The van der Waals surface area contributed by atoms with Crippen LogP contribution in [0, 0.1) is 11.6 Å². The Morgan fingerprint density at radius 2 is 1.90 bits per heavy atom. The number of anilines is 2. The summed E-state index contributed by atoms with van der Waals surface area (Å²) in [5.74, 6) is -0.869. The maximum atomic E-state index is 13.4. The molecule has 1 N–H and O–H groups in total. The molecule has 1 aromatic carbocycles. The second-order valence-corrected chi connectivity index (χ2v) is 6.45. The number of nitrogens with one attached hydrogen (secondary N) is 1. The lowest BCUT2D eigenvalue weighted by molar-refractivity contribution is 0.208. The molecule has 0 bridgehead atoms. The summed E-state index contributed by atoms with van der Waals surface area (Å²) < 4.78 is 37.6. The predicted molar refractivity (Wildman–Crippen MR) is 102 cm³/mol. The van der Waals surface area contributed by atoms with Crippen LogP contribution < -0.4 is 15.0 Å². The van der Waals surface area contributed by atoms with Gasteiger partial charge in [-0.15, -0.1) is 0 Å². The molecule has 29 heavy (non-hydrogen) atoms. The van der Waals surface area contributed by atoms with Gasteiger partial charge >= 0.3 is 6.03 Å². The van der Waals surface area contributed by atoms with E-state index in [1.807, 2.05) is 4.90 Å². The van der Waals surface area contributed by atoms with Crippen LogP contribution in [0.3, 0.4) is 0 Å². The number of furan rings is 1. The molecule has 8 nitrogen and oxygen atoms in total. The third-order valence-corrected chi connectivity index (χ3v) is 4.55. The van der Waals surface area contributed by atoms with Crippen molar-refractivity contribution in [3.8, 4) is 5.88 Å². The van der Waals surface area contributed by atoms with E-state index >= 15 is 0 Å². The fourth-order valence-electron chi connectivity index (χ4n) is 3.17. The molecule has 152 valence electrons. The van der Waals surface area contributed by atoms with Gasteiger partial charge in [-0.1, -0.05) is 0 Å². The van der Waals surface area contributed by atoms with Crippen LogP contribution in [0.1, 0.15) is 6.92 Å². The van der Waals surface area contributed by atoms with Crippen LogP contribution >= 0.6 is 0 Å². The van der Waals surface area contributed by atoms with Crippen molar-refractivity contribution >= 4 is 28.8 Å². The summed E-state index contributed by atoms with van der Waals surface area (Å²) in [6, 6.07) is 4.69. The Morgan fingerprint density at radius 3 is 2.59 bits per heavy atom. The fourth-order valence-corrected chi connectivity index (χ4v) is 3.17. The molecular weight excluding hydrogens is 384 g/mol. The molecular formula is C19H19F2N5O3. The van der Waals surface area contributed by atoms with E-state index < -0.39 is 11.6 Å². The van der Waals surface area contributed by atoms with Gasteiger partial charge in [0.05, 0.1) is 12.9 Å². The molecule has 0 atom stereocenters. The molecule has 1 aliphatic heterocycles. The molecule has 2 aromatic heterocycles. The Balaban J connectivity index is 1.43. The number of benzene rings is 1. The van der Waals surface area contributed by atoms with Crippen LogP contribution in [-0.2, 0) is 0 Å². The minimum Gasteiger partial charge on any atom is -0.475 e. The van der Waals surface area contributed by atoms with Gasteiger partial charge in [-0.25, -0.2) is 18.6 Å². The molecule has 1 saturated heterocycles. The maximum Gasteiger partial charge on any atom is 0.323 e. The van der Waals surface area contributed by atoms with Crippen molar-refractivity contribution < 1.29 is 22.7 Å². The van der Waals surface area contributed by atoms with Crippen LogP contribution in [0.25, 0.3) is 11.2 Å². The van der Waals surface area contributed by atoms with Crippen LogP contribution in [-0.4, -0.2) is 53.7 Å². The van der Waals surface area contributed by atoms with E-state index in [4.69, 9.17) is 9.15 Å². The molecule has 0 radical (unpaired) electrons. The third-order valence-electron chi connectivity index (χ3n) is 4.55. The quantitative estimate of drug-likeness (QED) is 0.720. The fraction of sp³-hybridized carbons (Fsp3) is 0.316. The normalized spacial score (nSPS) is 14.3. The molecule has 0 spiro atoms. The monoisotopic (exact) mass is 403 g/mol. The van der Waals surface area contributed by atoms with Crippen molar-refractivity contribution in [2.45, 2.75) is 6.92 Å². The largest absolute Gasteiger partial charge is 0.475 e. The second-order valence-electron chi connectivity index (χ2n) is 6.45. The molecule has 1 fully saturated rings. The molecule has 4 rings (SSSR count). The highest BCUT2D eigenvalue weighted by atomic mass is 19.1. The summed E-state index contributed by atoms with van der Waals surface area (Å²) in [6.07, 6.45) is 1.46. The number of rotatable bonds is 4. The van der Waals surface area contributed by atoms with Crippen molar-refractivity contribution in [3.05, 3.63) is 42.2 Å². The number of hydrogen-bond acceptors (Lipinski definition) is 6. The number of fused-ring (bicyclic) bond motifs is 1. The first-order valence-corrected chi connectivity index (χ1v) is 9.18. The summed E-state index contributed by atoms with van der Waals surface area (Å²) in [7, 11) is 0. The average molecular weight is 403 g/mol. The van der Waals surface area contributed by atoms with Gasteiger partial charge in [0.1, 0.15) is 17.2 Å². The topological polar surface area (TPSA) is 83.7 Å². The van der Waals surface area contributed by atoms with Crippen LogP contribution in [0.5, 0.6) is 5.88 Å². The van der Waals surface area contributed by atoms with Crippen molar-refractivity contribution in [3.63, 3.8) is 0 Å². The zero-order valence-corrected chi connectivity index (χ0v) is 15.7. The highest BCUT2D eigenvalue weighted by Crippen LogP contribution is 2.25. The van der Waals surface area contributed by atoms with Crippen molar-refractivity contribution in [1.82, 2.24) is 14.9 Å². The summed E-state index contributed by atoms with van der Waals surface area (Å²) >= 11 is 0. The second kappa shape index (κ2) is 7.90. The van der Waals surface area contributed by atoms with Gasteiger partial charge in [-0.3, -0.25) is 5.32 Å². The van der Waals surface area contributed by atoms with E-state index in [2.05, 4.69) is 15.3 Å². The molecule has 1 aliphatic rings. The molecule has 0 unspecified atom stereocenters. The highest BCUT2D eigenvalue weighted by Gasteiger charge is 2.24. The van der Waals surface area contributed by atoms with Crippen molar-refractivity contribution in [2.75, 3.05) is 43.0 Å². The number of carbonyl (C=O) groups is 1. The summed E-state index contributed by atoms with van der Waals surface area (Å²) in [5.41, 5.74) is 1.28. The Bertz CT molecular complexity index is 1010. The zero-order chi connectivity index (χ0) is 20.4. The average Bonchev–Trinajstić information content (AvgIpc) is 3.15. The van der Waals surface area contributed by atoms with E-state index in [1.54, 1.807) is 17.9 Å². The van der Waals surface area contributed by atoms with E-state index in [0.29, 0.717) is 49.7 Å². The number of halogens is 2. The maximum absolute atomic E-state index is 13.4. The van der Waals surface area contributed by atoms with Crippen LogP contribution in [0.4, 0.5) is 25.1 Å². The van der Waals surface area contributed by atoms with Gasteiger partial charge in [0.2, 0.25) is 5.71 Å². The molecule has 0 saturated carbocycles. The van der Waals surface area contributed by atoms with E-state index in [-0.39, 0.29) is 17.7 Å². The SMILES string of the molecule is CCOc1nc2occc2nc1NC(=O)N1CCN(c2cc(F)cc(F)c2)CC1. The zero-order valence-electron chi connectivity index (χ0n) is 15.7. The van der Waals surface area contributed by atoms with Gasteiger partial charge < -0.3 is 19.0 Å². The van der Waals surface area contributed by atoms with Gasteiger partial charge in [-0.05, 0) is 19.1 Å². The summed E-state index contributed by atoms with van der Waals surface area (Å²) in [5, 5.41) is 2.73. The molecule has 2 amide bonds. The number of carbonyl (C=O) groups excluding carboxylic acids is 1. The molecule has 3 aromatic rings. The standard InChI is InChI=1S/C19H19F2N5O3/c1-2-28-18-16(22-15-3-8-29-17(15)24-18)23-19(27)26-6-4-25(5-7-26)14-10-12(20)9-13(21)11-14/h3,8-11H,2,4-7H2,1H3,(H,22,23,27). The molecule has 10 heteroatoms. The smallest absolute Gasteiger partial charge is 0.323 e. The minimum atomic E-state index is -0.628. The highest BCUT2D eigenvalue weighted by molar-refractivity contribution is 5.90. The molecule has 0 aliphatic carbocycles. The number of piperazine rings is 1. The van der Waals surface area contributed by atoms with Crippen molar-refractivity contribution in [1.29, 1.82) is 0 Å². The first kappa shape index (κ1) is 18.9. The van der Waals surface area contributed by atoms with E-state index in [0.717, 1.165) is 6.07 Å². The first-order valence-electron chi connectivity index (χ1n) is 9.18.